The number of carbonyl (C=O) groups excluding carboxylic acids is 1. The molecule has 9 heteroatoms. The first-order valence-electron chi connectivity index (χ1n) is 4.72. The van der Waals surface area contributed by atoms with E-state index in [4.69, 9.17) is 14.4 Å². The van der Waals surface area contributed by atoms with Gasteiger partial charge in [-0.25, -0.2) is 0 Å². The monoisotopic (exact) mass is 272 g/mol. The number of carbonyl (C=O) groups is 2. The van der Waals surface area contributed by atoms with Gasteiger partial charge < -0.3 is 14.0 Å². The lowest BCUT2D eigenvalue weighted by Crippen LogP contribution is -2.12. The summed E-state index contributed by atoms with van der Waals surface area (Å²) in [6.07, 6.45) is -1.15. The molecule has 0 aliphatic heterocycles. The van der Waals surface area contributed by atoms with Crippen LogP contribution in [0.4, 0.5) is 0 Å². The second-order valence-electron chi connectivity index (χ2n) is 2.56. The van der Waals surface area contributed by atoms with Crippen molar-refractivity contribution in [2.24, 2.45) is 0 Å². The molecule has 8 nitrogen and oxygen atoms in total. The quantitative estimate of drug-likeness (QED) is 0.658. The summed E-state index contributed by atoms with van der Waals surface area (Å²) in [7, 11) is -4.81. The van der Waals surface area contributed by atoms with E-state index in [-0.39, 0.29) is 0 Å². The zero-order valence-corrected chi connectivity index (χ0v) is 10.4. The number of rotatable bonds is 6. The van der Waals surface area contributed by atoms with Crippen molar-refractivity contribution in [2.45, 2.75) is 26.7 Å². The van der Waals surface area contributed by atoms with E-state index < -0.39 is 35.2 Å². The summed E-state index contributed by atoms with van der Waals surface area (Å²) in [6, 6.07) is 0. The van der Waals surface area contributed by atoms with Crippen LogP contribution in [0, 0.1) is 0 Å². The Bertz CT molecular complexity index is 318. The van der Waals surface area contributed by atoms with Crippen molar-refractivity contribution in [2.75, 3.05) is 13.2 Å². The van der Waals surface area contributed by atoms with Crippen LogP contribution in [-0.2, 0) is 28.9 Å². The van der Waals surface area contributed by atoms with Gasteiger partial charge in [0.1, 0.15) is 0 Å². The number of carboxylic acids is 1. The molecule has 0 spiro atoms. The third-order valence-electron chi connectivity index (χ3n) is 1.15. The normalized spacial score (nSPS) is 10.1. The lowest BCUT2D eigenvalue weighted by molar-refractivity contribution is -0.142. The SMILES string of the molecule is CCOCC.O=C(O)CCC(=O)OS(=O)(=O)O. The lowest BCUT2D eigenvalue weighted by atomic mass is 10.3. The molecule has 0 aromatic carbocycles. The van der Waals surface area contributed by atoms with Crippen LogP contribution in [0.25, 0.3) is 0 Å². The molecule has 0 fully saturated rings. The molecule has 0 saturated heterocycles. The van der Waals surface area contributed by atoms with Crippen molar-refractivity contribution in [1.29, 1.82) is 0 Å². The fourth-order valence-electron chi connectivity index (χ4n) is 0.572. The summed E-state index contributed by atoms with van der Waals surface area (Å²) in [5, 5.41) is 8.04. The van der Waals surface area contributed by atoms with Crippen molar-refractivity contribution in [3.8, 4) is 0 Å². The maximum atomic E-state index is 10.3. The number of hydrogen-bond donors (Lipinski definition) is 2. The summed E-state index contributed by atoms with van der Waals surface area (Å²) >= 11 is 0. The van der Waals surface area contributed by atoms with Crippen LogP contribution < -0.4 is 0 Å². The summed E-state index contributed by atoms with van der Waals surface area (Å²) in [6.45, 7) is 5.67. The average Bonchev–Trinajstić information content (AvgIpc) is 2.14. The van der Waals surface area contributed by atoms with E-state index in [9.17, 15) is 18.0 Å². The largest absolute Gasteiger partial charge is 0.481 e. The molecular formula is C8H16O8S. The lowest BCUT2D eigenvalue weighted by Gasteiger charge is -1.96. The van der Waals surface area contributed by atoms with E-state index in [1.165, 1.54) is 0 Å². The Morgan fingerprint density at radius 3 is 1.82 bits per heavy atom. The summed E-state index contributed by atoms with van der Waals surface area (Å²) in [5.41, 5.74) is 0. The Balaban J connectivity index is 0. The number of hydrogen-bond acceptors (Lipinski definition) is 6. The molecule has 0 heterocycles. The smallest absolute Gasteiger partial charge is 0.448 e. The zero-order valence-electron chi connectivity index (χ0n) is 9.58. The van der Waals surface area contributed by atoms with Crippen LogP contribution in [0.1, 0.15) is 26.7 Å². The highest BCUT2D eigenvalue weighted by atomic mass is 32.3. The molecule has 0 aliphatic carbocycles. The first kappa shape index (κ1) is 18.2. The van der Waals surface area contributed by atoms with Gasteiger partial charge in [-0.15, -0.1) is 0 Å². The van der Waals surface area contributed by atoms with E-state index >= 15 is 0 Å². The minimum Gasteiger partial charge on any atom is -0.481 e. The van der Waals surface area contributed by atoms with Crippen molar-refractivity contribution in [1.82, 2.24) is 0 Å². The highest BCUT2D eigenvalue weighted by Gasteiger charge is 2.13. The van der Waals surface area contributed by atoms with Crippen LogP contribution in [0.2, 0.25) is 0 Å². The fraction of sp³-hybridized carbons (Fsp3) is 0.750. The summed E-state index contributed by atoms with van der Waals surface area (Å²) < 4.78 is 35.9. The Hall–Kier alpha value is -1.19. The Kier molecular flexibility index (Phi) is 10.7. The van der Waals surface area contributed by atoms with Crippen molar-refractivity contribution in [3.63, 3.8) is 0 Å². The van der Waals surface area contributed by atoms with E-state index in [0.29, 0.717) is 0 Å². The van der Waals surface area contributed by atoms with E-state index in [0.717, 1.165) is 13.2 Å². The third kappa shape index (κ3) is 20.8. The van der Waals surface area contributed by atoms with Crippen molar-refractivity contribution in [3.05, 3.63) is 0 Å². The highest BCUT2D eigenvalue weighted by Crippen LogP contribution is 1.96. The van der Waals surface area contributed by atoms with Crippen LogP contribution >= 0.6 is 0 Å². The molecule has 17 heavy (non-hydrogen) atoms. The Morgan fingerprint density at radius 2 is 1.59 bits per heavy atom. The van der Waals surface area contributed by atoms with Gasteiger partial charge >= 0.3 is 22.3 Å². The molecule has 0 rings (SSSR count). The molecule has 0 amide bonds. The van der Waals surface area contributed by atoms with Crippen LogP contribution in [-0.4, -0.2) is 43.2 Å². The number of aliphatic carboxylic acids is 1. The van der Waals surface area contributed by atoms with Crippen molar-refractivity contribution >= 4 is 22.3 Å². The Morgan fingerprint density at radius 1 is 1.12 bits per heavy atom. The minimum absolute atomic E-state index is 0.547. The van der Waals surface area contributed by atoms with Crippen LogP contribution in [0.15, 0.2) is 0 Å². The third-order valence-corrected chi connectivity index (χ3v) is 1.55. The fourth-order valence-corrected chi connectivity index (χ4v) is 0.890. The highest BCUT2D eigenvalue weighted by molar-refractivity contribution is 7.81. The zero-order chi connectivity index (χ0) is 13.9. The van der Waals surface area contributed by atoms with Crippen LogP contribution in [0.5, 0.6) is 0 Å². The van der Waals surface area contributed by atoms with Gasteiger partial charge in [0.2, 0.25) is 0 Å². The molecule has 0 saturated carbocycles. The maximum Gasteiger partial charge on any atom is 0.448 e. The molecule has 0 aliphatic rings. The van der Waals surface area contributed by atoms with Gasteiger partial charge in [0.25, 0.3) is 0 Å². The molecule has 2 N–H and O–H groups in total. The first-order chi connectivity index (χ1) is 7.72. The molecule has 0 atom stereocenters. The van der Waals surface area contributed by atoms with Crippen LogP contribution in [0.3, 0.4) is 0 Å². The van der Waals surface area contributed by atoms with E-state index in [1.54, 1.807) is 0 Å². The predicted molar refractivity (Wildman–Crippen MR) is 56.7 cm³/mol. The van der Waals surface area contributed by atoms with Gasteiger partial charge in [0.05, 0.1) is 12.8 Å². The second kappa shape index (κ2) is 10.00. The summed E-state index contributed by atoms with van der Waals surface area (Å²) in [5.74, 6) is -2.57. The molecule has 0 aromatic heterocycles. The molecule has 0 aromatic rings. The second-order valence-corrected chi connectivity index (χ2v) is 3.58. The van der Waals surface area contributed by atoms with Gasteiger partial charge in [-0.1, -0.05) is 0 Å². The predicted octanol–water partition coefficient (Wildman–Crippen LogP) is 0.240. The topological polar surface area (TPSA) is 127 Å². The van der Waals surface area contributed by atoms with Crippen molar-refractivity contribution < 1.29 is 36.6 Å². The molecule has 0 bridgehead atoms. The van der Waals surface area contributed by atoms with Gasteiger partial charge in [0, 0.05) is 13.2 Å². The molecule has 0 unspecified atom stereocenters. The Labute approximate surface area is 99.5 Å². The summed E-state index contributed by atoms with van der Waals surface area (Å²) in [4.78, 5) is 20.2. The minimum atomic E-state index is -4.81. The molecule has 102 valence electrons. The first-order valence-corrected chi connectivity index (χ1v) is 6.08. The standard InChI is InChI=1S/C4H6O7S.C4H10O/c5-3(6)1-2-4(7)11-12(8,9)10;1-3-5-4-2/h1-2H2,(H,5,6)(H,8,9,10);3-4H2,1-2H3. The van der Waals surface area contributed by atoms with E-state index in [1.807, 2.05) is 13.8 Å². The van der Waals surface area contributed by atoms with Gasteiger partial charge in [-0.3, -0.25) is 14.1 Å². The van der Waals surface area contributed by atoms with E-state index in [2.05, 4.69) is 4.18 Å². The molecule has 0 radical (unpaired) electrons. The van der Waals surface area contributed by atoms with Gasteiger partial charge in [-0.2, -0.15) is 8.42 Å². The maximum absolute atomic E-state index is 10.3. The number of ether oxygens (including phenoxy) is 1. The number of carboxylic acid groups (broad SMARTS) is 1. The van der Waals surface area contributed by atoms with Gasteiger partial charge in [-0.05, 0) is 13.8 Å². The average molecular weight is 272 g/mol. The van der Waals surface area contributed by atoms with Gasteiger partial charge in [0.15, 0.2) is 0 Å². The molecular weight excluding hydrogens is 256 g/mol.